The molecule has 0 aliphatic heterocycles. The van der Waals surface area contributed by atoms with Gasteiger partial charge in [0.2, 0.25) is 5.91 Å². The molecule has 4 amide bonds. The number of nitrogens with one attached hydrogen (secondary N) is 4. The molecule has 0 radical (unpaired) electrons. The van der Waals surface area contributed by atoms with Crippen molar-refractivity contribution in [1.29, 1.82) is 0 Å². The summed E-state index contributed by atoms with van der Waals surface area (Å²) in [4.78, 5) is 57.8. The van der Waals surface area contributed by atoms with E-state index in [1.165, 1.54) is 24.7 Å². The van der Waals surface area contributed by atoms with Crippen LogP contribution < -0.4 is 21.3 Å². The Morgan fingerprint density at radius 1 is 0.679 bits per heavy atom. The van der Waals surface area contributed by atoms with Gasteiger partial charge in [-0.2, -0.15) is 0 Å². The van der Waals surface area contributed by atoms with Crippen molar-refractivity contribution in [2.75, 3.05) is 0 Å². The molecule has 0 aliphatic rings. The van der Waals surface area contributed by atoms with Gasteiger partial charge in [-0.3, -0.25) is 29.1 Å². The normalized spacial score (nSPS) is 11.1. The molecule has 5 rings (SSSR count). The lowest BCUT2D eigenvalue weighted by atomic mass is 9.95. The Morgan fingerprint density at radius 3 is 1.58 bits per heavy atom. The van der Waals surface area contributed by atoms with E-state index >= 15 is 0 Å². The fourth-order valence-electron chi connectivity index (χ4n) is 4.05. The Hall–Kier alpha value is -6.27. The zero-order valence-electron chi connectivity index (χ0n) is 30.2. The SMILES string of the molecule is CC.CC(C)(C)C(=O)N/C(=C\c1ccco1)C(=O)NCc1cccnc1.O=C(NCc1cccnc1)/C(=C/c1ccco1)NC(=O)c1ccccc1Cl. The second kappa shape index (κ2) is 21.2. The predicted molar refractivity (Wildman–Crippen MR) is 203 cm³/mol. The molecule has 1 aromatic carbocycles. The summed E-state index contributed by atoms with van der Waals surface area (Å²) < 4.78 is 10.5. The van der Waals surface area contributed by atoms with Gasteiger partial charge in [0, 0.05) is 55.4 Å². The highest BCUT2D eigenvalue weighted by molar-refractivity contribution is 6.34. The van der Waals surface area contributed by atoms with Crippen LogP contribution in [-0.2, 0) is 27.5 Å². The first kappa shape index (κ1) is 41.2. The molecule has 0 bridgehead atoms. The molecule has 0 unspecified atom stereocenters. The van der Waals surface area contributed by atoms with Crippen LogP contribution in [0.4, 0.5) is 0 Å². The number of benzene rings is 1. The van der Waals surface area contributed by atoms with Gasteiger partial charge in [0.25, 0.3) is 17.7 Å². The van der Waals surface area contributed by atoms with Gasteiger partial charge in [-0.05, 0) is 59.7 Å². The second-order valence-corrected chi connectivity index (χ2v) is 12.3. The summed E-state index contributed by atoms with van der Waals surface area (Å²) >= 11 is 6.06. The van der Waals surface area contributed by atoms with Crippen LogP contribution in [0, 0.1) is 5.41 Å². The maximum atomic E-state index is 12.6. The molecule has 4 heterocycles. The highest BCUT2D eigenvalue weighted by Crippen LogP contribution is 2.17. The summed E-state index contributed by atoms with van der Waals surface area (Å²) in [6, 6.07) is 20.7. The Balaban J connectivity index is 0.000000275. The molecule has 276 valence electrons. The van der Waals surface area contributed by atoms with E-state index in [0.29, 0.717) is 23.1 Å². The average molecular weight is 739 g/mol. The van der Waals surface area contributed by atoms with E-state index in [9.17, 15) is 19.2 Å². The number of pyridine rings is 2. The number of halogens is 1. The number of hydrogen-bond acceptors (Lipinski definition) is 8. The van der Waals surface area contributed by atoms with E-state index in [4.69, 9.17) is 20.4 Å². The highest BCUT2D eigenvalue weighted by atomic mass is 35.5. The van der Waals surface area contributed by atoms with Crippen LogP contribution >= 0.6 is 11.6 Å². The minimum atomic E-state index is -0.619. The molecule has 13 heteroatoms. The van der Waals surface area contributed by atoms with Crippen LogP contribution in [0.3, 0.4) is 0 Å². The molecule has 4 aromatic heterocycles. The van der Waals surface area contributed by atoms with Gasteiger partial charge in [-0.1, -0.05) is 70.5 Å². The summed E-state index contributed by atoms with van der Waals surface area (Å²) in [7, 11) is 0. The Labute approximate surface area is 313 Å². The zero-order valence-corrected chi connectivity index (χ0v) is 30.9. The summed E-state index contributed by atoms with van der Waals surface area (Å²) in [6.45, 7) is 9.92. The van der Waals surface area contributed by atoms with Gasteiger partial charge in [0.05, 0.1) is 23.1 Å². The standard InChI is InChI=1S/C20H16ClN3O3.C18H21N3O3.C2H6/c21-17-8-2-1-7-16(17)19(25)24-18(11-15-6-4-10-27-15)20(26)23-13-14-5-3-9-22-12-14;1-18(2,3)17(23)21-15(10-14-7-5-9-24-14)16(22)20-12-13-6-4-8-19-11-13;1-2/h1-12H,13H2,(H,23,26)(H,24,25);4-11H,12H2,1-3H3,(H,20,22)(H,21,23);1-2H3/b18-11-;15-10-;. The fourth-order valence-corrected chi connectivity index (χ4v) is 4.27. The Bertz CT molecular complexity index is 1950. The number of carbonyl (C=O) groups is 4. The molecule has 0 atom stereocenters. The monoisotopic (exact) mass is 738 g/mol. The van der Waals surface area contributed by atoms with E-state index in [1.54, 1.807) is 106 Å². The molecule has 4 N–H and O–H groups in total. The molecule has 5 aromatic rings. The lowest BCUT2D eigenvalue weighted by molar-refractivity contribution is -0.129. The largest absolute Gasteiger partial charge is 0.465 e. The van der Waals surface area contributed by atoms with Gasteiger partial charge in [-0.15, -0.1) is 0 Å². The van der Waals surface area contributed by atoms with E-state index in [0.717, 1.165) is 11.1 Å². The van der Waals surface area contributed by atoms with Gasteiger partial charge in [0.1, 0.15) is 22.9 Å². The quantitative estimate of drug-likeness (QED) is 0.106. The van der Waals surface area contributed by atoms with Crippen molar-refractivity contribution >= 4 is 47.4 Å². The van der Waals surface area contributed by atoms with Crippen LogP contribution in [0.2, 0.25) is 5.02 Å². The zero-order chi connectivity index (χ0) is 38.6. The number of rotatable bonds is 11. The third-order valence-electron chi connectivity index (χ3n) is 6.80. The Morgan fingerprint density at radius 2 is 1.17 bits per heavy atom. The summed E-state index contributed by atoms with van der Waals surface area (Å²) in [5.41, 5.74) is 1.52. The maximum absolute atomic E-state index is 12.6. The van der Waals surface area contributed by atoms with Gasteiger partial charge >= 0.3 is 0 Å². The van der Waals surface area contributed by atoms with Crippen molar-refractivity contribution in [3.8, 4) is 0 Å². The minimum Gasteiger partial charge on any atom is -0.465 e. The van der Waals surface area contributed by atoms with Crippen molar-refractivity contribution in [2.45, 2.75) is 47.7 Å². The molecular weight excluding hydrogens is 696 g/mol. The van der Waals surface area contributed by atoms with Gasteiger partial charge < -0.3 is 30.1 Å². The van der Waals surface area contributed by atoms with Crippen LogP contribution in [0.1, 0.15) is 67.6 Å². The minimum absolute atomic E-state index is 0.0405. The first-order chi connectivity index (χ1) is 25.5. The third kappa shape index (κ3) is 14.1. The number of nitrogens with zero attached hydrogens (tertiary/aromatic N) is 2. The van der Waals surface area contributed by atoms with Crippen molar-refractivity contribution in [3.63, 3.8) is 0 Å². The van der Waals surface area contributed by atoms with Crippen molar-refractivity contribution in [2.24, 2.45) is 5.41 Å². The van der Waals surface area contributed by atoms with Crippen LogP contribution in [0.25, 0.3) is 12.2 Å². The van der Waals surface area contributed by atoms with E-state index < -0.39 is 23.1 Å². The summed E-state index contributed by atoms with van der Waals surface area (Å²) in [5, 5.41) is 11.1. The molecule has 0 spiro atoms. The smallest absolute Gasteiger partial charge is 0.268 e. The molecule has 53 heavy (non-hydrogen) atoms. The summed E-state index contributed by atoms with van der Waals surface area (Å²) in [6.07, 6.45) is 12.6. The molecular formula is C40H43ClN6O6. The Kier molecular flexibility index (Phi) is 16.4. The maximum Gasteiger partial charge on any atom is 0.268 e. The fraction of sp³-hybridized carbons (Fsp3) is 0.200. The van der Waals surface area contributed by atoms with E-state index in [2.05, 4.69) is 31.2 Å². The lowest BCUT2D eigenvalue weighted by Gasteiger charge is -2.19. The number of aromatic nitrogens is 2. The predicted octanol–water partition coefficient (Wildman–Crippen LogP) is 6.94. The summed E-state index contributed by atoms with van der Waals surface area (Å²) in [5.74, 6) is -0.688. The van der Waals surface area contributed by atoms with Gasteiger partial charge in [0.15, 0.2) is 0 Å². The first-order valence-electron chi connectivity index (χ1n) is 16.7. The van der Waals surface area contributed by atoms with Crippen LogP contribution in [-0.4, -0.2) is 33.6 Å². The molecule has 0 saturated carbocycles. The first-order valence-corrected chi connectivity index (χ1v) is 17.1. The lowest BCUT2D eigenvalue weighted by Crippen LogP contribution is -2.39. The second-order valence-electron chi connectivity index (χ2n) is 11.9. The number of carbonyl (C=O) groups excluding carboxylic acids is 4. The third-order valence-corrected chi connectivity index (χ3v) is 7.13. The van der Waals surface area contributed by atoms with E-state index in [1.807, 2.05) is 26.0 Å². The molecule has 0 fully saturated rings. The van der Waals surface area contributed by atoms with Crippen molar-refractivity contribution in [3.05, 3.63) is 155 Å². The molecule has 0 saturated heterocycles. The molecule has 12 nitrogen and oxygen atoms in total. The van der Waals surface area contributed by atoms with Crippen molar-refractivity contribution < 1.29 is 28.0 Å². The van der Waals surface area contributed by atoms with Gasteiger partial charge in [-0.25, -0.2) is 0 Å². The van der Waals surface area contributed by atoms with Crippen LogP contribution in [0.15, 0.2) is 130 Å². The number of amides is 4. The number of furan rings is 2. The highest BCUT2D eigenvalue weighted by Gasteiger charge is 2.24. The average Bonchev–Trinajstić information content (AvgIpc) is 3.89. The van der Waals surface area contributed by atoms with Crippen molar-refractivity contribution in [1.82, 2.24) is 31.2 Å². The molecule has 0 aliphatic carbocycles. The number of hydrogen-bond donors (Lipinski definition) is 4. The van der Waals surface area contributed by atoms with E-state index in [-0.39, 0.29) is 29.4 Å². The topological polar surface area (TPSA) is 168 Å². The van der Waals surface area contributed by atoms with Crippen LogP contribution in [0.5, 0.6) is 0 Å².